The Kier molecular flexibility index (Phi) is 5.25. The van der Waals surface area contributed by atoms with Gasteiger partial charge in [-0.15, -0.1) is 0 Å². The molecule has 1 N–H and O–H groups in total. The van der Waals surface area contributed by atoms with Crippen molar-refractivity contribution in [2.75, 3.05) is 13.1 Å². The highest BCUT2D eigenvalue weighted by atomic mass is 32.2. The van der Waals surface area contributed by atoms with Crippen molar-refractivity contribution in [1.29, 1.82) is 0 Å². The molecule has 1 fully saturated rings. The Labute approximate surface area is 165 Å². The average molecular weight is 402 g/mol. The number of piperidine rings is 1. The van der Waals surface area contributed by atoms with Gasteiger partial charge >= 0.3 is 0 Å². The van der Waals surface area contributed by atoms with Gasteiger partial charge in [-0.1, -0.05) is 25.5 Å². The van der Waals surface area contributed by atoms with Crippen LogP contribution in [0.5, 0.6) is 0 Å². The van der Waals surface area contributed by atoms with Gasteiger partial charge in [0.1, 0.15) is 10.7 Å². The van der Waals surface area contributed by atoms with Gasteiger partial charge in [0.2, 0.25) is 10.0 Å². The van der Waals surface area contributed by atoms with Gasteiger partial charge in [-0.2, -0.15) is 9.40 Å². The molecule has 1 aromatic carbocycles. The van der Waals surface area contributed by atoms with Gasteiger partial charge in [0, 0.05) is 31.7 Å². The third-order valence-corrected chi connectivity index (χ3v) is 7.41. The minimum absolute atomic E-state index is 0.0753. The highest BCUT2D eigenvalue weighted by molar-refractivity contribution is 7.89. The molecule has 3 aromatic rings. The molecule has 0 spiro atoms. The van der Waals surface area contributed by atoms with Crippen LogP contribution in [0.3, 0.4) is 0 Å². The average Bonchev–Trinajstić information content (AvgIpc) is 3.30. The van der Waals surface area contributed by atoms with Crippen molar-refractivity contribution in [3.63, 3.8) is 0 Å². The van der Waals surface area contributed by atoms with Crippen molar-refractivity contribution in [2.45, 2.75) is 56.9 Å². The number of benzene rings is 1. The molecule has 150 valence electrons. The Morgan fingerprint density at radius 2 is 2.11 bits per heavy atom. The first kappa shape index (κ1) is 19.1. The number of para-hydroxylation sites is 2. The van der Waals surface area contributed by atoms with Crippen LogP contribution < -0.4 is 0 Å². The fourth-order valence-corrected chi connectivity index (χ4v) is 5.57. The third-order valence-electron chi connectivity index (χ3n) is 5.44. The standard InChI is InChI=1S/C20H27N5O2S/c1-3-4-11-24-14-19(15(2)23-24)28(26,27)25-12-7-8-16(13-25)20-21-17-9-5-6-10-18(17)22-20/h5-6,9-10,14,16H,3-4,7-8,11-13H2,1-2H3,(H,21,22)/t16-/m1/s1. The molecule has 8 heteroatoms. The maximum atomic E-state index is 13.3. The van der Waals surface area contributed by atoms with Crippen LogP contribution in [0.25, 0.3) is 11.0 Å². The smallest absolute Gasteiger partial charge is 0.246 e. The van der Waals surface area contributed by atoms with Gasteiger partial charge in [0.05, 0.1) is 16.7 Å². The van der Waals surface area contributed by atoms with E-state index in [4.69, 9.17) is 0 Å². The molecule has 0 saturated carbocycles. The molecule has 1 saturated heterocycles. The van der Waals surface area contributed by atoms with Crippen molar-refractivity contribution in [3.8, 4) is 0 Å². The number of hydrogen-bond acceptors (Lipinski definition) is 4. The van der Waals surface area contributed by atoms with Crippen molar-refractivity contribution in [3.05, 3.63) is 42.0 Å². The van der Waals surface area contributed by atoms with E-state index in [1.165, 1.54) is 0 Å². The van der Waals surface area contributed by atoms with Crippen LogP contribution >= 0.6 is 0 Å². The third kappa shape index (κ3) is 3.58. The second-order valence-corrected chi connectivity index (χ2v) is 9.44. The van der Waals surface area contributed by atoms with Gasteiger partial charge in [0.25, 0.3) is 0 Å². The summed E-state index contributed by atoms with van der Waals surface area (Å²) in [5, 5.41) is 4.41. The first-order valence-electron chi connectivity index (χ1n) is 9.98. The van der Waals surface area contributed by atoms with Gasteiger partial charge in [-0.25, -0.2) is 13.4 Å². The van der Waals surface area contributed by atoms with E-state index in [0.29, 0.717) is 23.7 Å². The lowest BCUT2D eigenvalue weighted by Crippen LogP contribution is -2.39. The molecule has 2 aromatic heterocycles. The summed E-state index contributed by atoms with van der Waals surface area (Å²) in [6.45, 7) is 5.62. The Balaban J connectivity index is 1.57. The summed E-state index contributed by atoms with van der Waals surface area (Å²) in [6, 6.07) is 7.91. The quantitative estimate of drug-likeness (QED) is 0.686. The van der Waals surface area contributed by atoms with E-state index in [-0.39, 0.29) is 5.92 Å². The minimum atomic E-state index is -3.56. The molecule has 7 nitrogen and oxygen atoms in total. The Hall–Kier alpha value is -2.19. The molecule has 1 aliphatic heterocycles. The predicted octanol–water partition coefficient (Wildman–Crippen LogP) is 3.44. The molecule has 1 atom stereocenters. The van der Waals surface area contributed by atoms with Crippen molar-refractivity contribution in [2.24, 2.45) is 0 Å². The summed E-state index contributed by atoms with van der Waals surface area (Å²) >= 11 is 0. The first-order chi connectivity index (χ1) is 13.5. The summed E-state index contributed by atoms with van der Waals surface area (Å²) in [5.41, 5.74) is 2.48. The molecule has 1 aliphatic rings. The largest absolute Gasteiger partial charge is 0.342 e. The van der Waals surface area contributed by atoms with Gasteiger partial charge < -0.3 is 4.98 Å². The van der Waals surface area contributed by atoms with Crippen LogP contribution in [0.2, 0.25) is 0 Å². The fourth-order valence-electron chi connectivity index (χ4n) is 3.88. The number of imidazole rings is 1. The number of H-pyrrole nitrogens is 1. The van der Waals surface area contributed by atoms with Crippen LogP contribution in [0, 0.1) is 6.92 Å². The lowest BCUT2D eigenvalue weighted by Gasteiger charge is -2.30. The lowest BCUT2D eigenvalue weighted by atomic mass is 9.99. The van der Waals surface area contributed by atoms with E-state index < -0.39 is 10.0 Å². The molecule has 4 rings (SSSR count). The minimum Gasteiger partial charge on any atom is -0.342 e. The van der Waals surface area contributed by atoms with E-state index >= 15 is 0 Å². The number of unbranched alkanes of at least 4 members (excludes halogenated alkanes) is 1. The Morgan fingerprint density at radius 3 is 2.89 bits per heavy atom. The summed E-state index contributed by atoms with van der Waals surface area (Å²) in [7, 11) is -3.56. The van der Waals surface area contributed by atoms with Crippen molar-refractivity contribution in [1.82, 2.24) is 24.1 Å². The first-order valence-corrected chi connectivity index (χ1v) is 11.4. The van der Waals surface area contributed by atoms with Gasteiger partial charge in [-0.3, -0.25) is 4.68 Å². The second kappa shape index (κ2) is 7.67. The van der Waals surface area contributed by atoms with E-state index in [1.54, 1.807) is 22.1 Å². The number of aromatic amines is 1. The van der Waals surface area contributed by atoms with E-state index in [0.717, 1.165) is 49.1 Å². The predicted molar refractivity (Wildman–Crippen MR) is 109 cm³/mol. The van der Waals surface area contributed by atoms with Crippen molar-refractivity contribution >= 4 is 21.1 Å². The van der Waals surface area contributed by atoms with E-state index in [2.05, 4.69) is 22.0 Å². The molecular formula is C20H27N5O2S. The molecule has 0 aliphatic carbocycles. The van der Waals surface area contributed by atoms with Crippen molar-refractivity contribution < 1.29 is 8.42 Å². The van der Waals surface area contributed by atoms with E-state index in [9.17, 15) is 8.42 Å². The highest BCUT2D eigenvalue weighted by Gasteiger charge is 2.34. The number of nitrogens with zero attached hydrogens (tertiary/aromatic N) is 4. The van der Waals surface area contributed by atoms with Gasteiger partial charge in [0.15, 0.2) is 0 Å². The number of hydrogen-bond donors (Lipinski definition) is 1. The number of aryl methyl sites for hydroxylation is 2. The highest BCUT2D eigenvalue weighted by Crippen LogP contribution is 2.30. The number of nitrogens with one attached hydrogen (secondary N) is 1. The topological polar surface area (TPSA) is 83.9 Å². The maximum Gasteiger partial charge on any atom is 0.246 e. The molecule has 28 heavy (non-hydrogen) atoms. The Morgan fingerprint density at radius 1 is 1.29 bits per heavy atom. The molecular weight excluding hydrogens is 374 g/mol. The zero-order chi connectivity index (χ0) is 19.7. The summed E-state index contributed by atoms with van der Waals surface area (Å²) in [4.78, 5) is 8.38. The maximum absolute atomic E-state index is 13.3. The zero-order valence-electron chi connectivity index (χ0n) is 16.4. The molecule has 0 unspecified atom stereocenters. The normalized spacial score (nSPS) is 18.7. The van der Waals surface area contributed by atoms with E-state index in [1.807, 2.05) is 24.3 Å². The van der Waals surface area contributed by atoms with Crippen LogP contribution in [-0.4, -0.2) is 45.6 Å². The van der Waals surface area contributed by atoms with Crippen LogP contribution in [0.15, 0.2) is 35.4 Å². The zero-order valence-corrected chi connectivity index (χ0v) is 17.2. The summed E-state index contributed by atoms with van der Waals surface area (Å²) < 4.78 is 29.9. The summed E-state index contributed by atoms with van der Waals surface area (Å²) in [5.74, 6) is 0.947. The number of aromatic nitrogens is 4. The number of fused-ring (bicyclic) bond motifs is 1. The van der Waals surface area contributed by atoms with Crippen LogP contribution in [0.1, 0.15) is 50.0 Å². The number of sulfonamides is 1. The Bertz CT molecular complexity index is 1040. The molecule has 3 heterocycles. The lowest BCUT2D eigenvalue weighted by molar-refractivity contribution is 0.310. The van der Waals surface area contributed by atoms with Gasteiger partial charge in [-0.05, 0) is 38.3 Å². The molecule has 0 bridgehead atoms. The monoisotopic (exact) mass is 401 g/mol. The second-order valence-electron chi connectivity index (χ2n) is 7.54. The summed E-state index contributed by atoms with van der Waals surface area (Å²) in [6.07, 6.45) is 5.47. The molecule has 0 radical (unpaired) electrons. The number of rotatable bonds is 6. The molecule has 0 amide bonds. The van der Waals surface area contributed by atoms with Crippen LogP contribution in [-0.2, 0) is 16.6 Å². The van der Waals surface area contributed by atoms with Crippen LogP contribution in [0.4, 0.5) is 0 Å². The SMILES string of the molecule is CCCCn1cc(S(=O)(=O)N2CCC[C@@H](c3nc4ccccc4[nH]3)C2)c(C)n1. The fraction of sp³-hybridized carbons (Fsp3) is 0.500.